The Morgan fingerprint density at radius 2 is 1.83 bits per heavy atom. The molecule has 1 fully saturated rings. The summed E-state index contributed by atoms with van der Waals surface area (Å²) >= 11 is 0. The number of ether oxygens (including phenoxy) is 2. The lowest BCUT2D eigenvalue weighted by molar-refractivity contribution is -0.390. The van der Waals surface area contributed by atoms with Crippen LogP contribution in [0.15, 0.2) is 33.9 Å². The smallest absolute Gasteiger partial charge is 0.413 e. The van der Waals surface area contributed by atoms with Crippen LogP contribution in [0.4, 0.5) is 5.82 Å². The first-order chi connectivity index (χ1) is 11.5. The minimum Gasteiger partial charge on any atom is -0.487 e. The third kappa shape index (κ3) is 3.16. The van der Waals surface area contributed by atoms with Gasteiger partial charge in [-0.15, -0.1) is 0 Å². The highest BCUT2D eigenvalue weighted by molar-refractivity contribution is 5.94. The van der Waals surface area contributed by atoms with Crippen molar-refractivity contribution in [2.24, 2.45) is 0 Å². The molecule has 24 heavy (non-hydrogen) atoms. The molecule has 10 heteroatoms. The second kappa shape index (κ2) is 5.99. The number of nitrogens with zero attached hydrogens (tertiary/aromatic N) is 1. The molecular weight excluding hydrogens is 322 g/mol. The first kappa shape index (κ1) is 15.5. The number of nitrogens with one attached hydrogen (secondary N) is 2. The molecule has 3 rings (SSSR count). The van der Waals surface area contributed by atoms with Crippen LogP contribution in [0.1, 0.15) is 23.2 Å². The van der Waals surface area contributed by atoms with E-state index in [-0.39, 0.29) is 17.6 Å². The number of hydrogen-bond donors (Lipinski definition) is 2. The van der Waals surface area contributed by atoms with Crippen molar-refractivity contribution in [3.63, 3.8) is 0 Å². The minimum atomic E-state index is -1.27. The van der Waals surface area contributed by atoms with Crippen LogP contribution in [-0.4, -0.2) is 27.0 Å². The third-order valence-corrected chi connectivity index (χ3v) is 3.18. The van der Waals surface area contributed by atoms with Gasteiger partial charge in [0.1, 0.15) is 0 Å². The van der Waals surface area contributed by atoms with Gasteiger partial charge in [0, 0.05) is 0 Å². The normalized spacial score (nSPS) is 13.3. The fourth-order valence-electron chi connectivity index (χ4n) is 1.95. The Morgan fingerprint density at radius 3 is 2.46 bits per heavy atom. The molecule has 1 heterocycles. The van der Waals surface area contributed by atoms with Crippen LogP contribution in [0.2, 0.25) is 0 Å². The molecule has 0 aliphatic heterocycles. The van der Waals surface area contributed by atoms with Gasteiger partial charge in [0.15, 0.2) is 11.5 Å². The van der Waals surface area contributed by atoms with Crippen molar-refractivity contribution in [1.29, 1.82) is 0 Å². The molecule has 1 aromatic carbocycles. The summed E-state index contributed by atoms with van der Waals surface area (Å²) in [7, 11) is 0. The Bertz CT molecular complexity index is 926. The summed E-state index contributed by atoms with van der Waals surface area (Å²) in [5, 5.41) is 11.0. The molecule has 1 aliphatic rings. The maximum absolute atomic E-state index is 12.2. The number of H-pyrrole nitrogens is 2. The predicted octanol–water partition coefficient (Wildman–Crippen LogP) is 0.732. The number of esters is 1. The van der Waals surface area contributed by atoms with E-state index in [1.54, 1.807) is 28.2 Å². The van der Waals surface area contributed by atoms with E-state index in [9.17, 15) is 24.5 Å². The molecule has 0 atom stereocenters. The van der Waals surface area contributed by atoms with Crippen molar-refractivity contribution >= 4 is 11.8 Å². The van der Waals surface area contributed by atoms with Gasteiger partial charge in [0.25, 0.3) is 5.56 Å². The van der Waals surface area contributed by atoms with Gasteiger partial charge in [-0.05, 0) is 29.9 Å². The van der Waals surface area contributed by atoms with Crippen molar-refractivity contribution in [2.75, 3.05) is 0 Å². The number of para-hydroxylation sites is 2. The van der Waals surface area contributed by atoms with Gasteiger partial charge in [0.2, 0.25) is 5.56 Å². The average Bonchev–Trinajstić information content (AvgIpc) is 3.32. The Balaban J connectivity index is 1.95. The van der Waals surface area contributed by atoms with Crippen LogP contribution in [0.3, 0.4) is 0 Å². The van der Waals surface area contributed by atoms with Gasteiger partial charge in [0.05, 0.1) is 6.10 Å². The second-order valence-electron chi connectivity index (χ2n) is 5.04. The fraction of sp³-hybridized carbons (Fsp3) is 0.214. The third-order valence-electron chi connectivity index (χ3n) is 3.18. The summed E-state index contributed by atoms with van der Waals surface area (Å²) in [5.41, 5.74) is -3.21. The van der Waals surface area contributed by atoms with E-state index < -0.39 is 33.5 Å². The zero-order chi connectivity index (χ0) is 17.3. The molecule has 0 saturated heterocycles. The van der Waals surface area contributed by atoms with E-state index in [4.69, 9.17) is 9.47 Å². The number of nitro groups is 1. The zero-order valence-corrected chi connectivity index (χ0v) is 12.1. The molecular formula is C14H11N3O7. The summed E-state index contributed by atoms with van der Waals surface area (Å²) < 4.78 is 10.6. The summed E-state index contributed by atoms with van der Waals surface area (Å²) in [4.78, 5) is 48.6. The van der Waals surface area contributed by atoms with Crippen LogP contribution in [0, 0.1) is 10.1 Å². The lowest BCUT2D eigenvalue weighted by Crippen LogP contribution is -2.31. The molecule has 1 aromatic heterocycles. The number of benzene rings is 1. The van der Waals surface area contributed by atoms with Crippen molar-refractivity contribution in [1.82, 2.24) is 9.97 Å². The van der Waals surface area contributed by atoms with E-state index in [1.807, 2.05) is 0 Å². The Kier molecular flexibility index (Phi) is 3.86. The van der Waals surface area contributed by atoms with Gasteiger partial charge in [-0.1, -0.05) is 12.1 Å². The first-order valence-electron chi connectivity index (χ1n) is 6.94. The molecule has 1 saturated carbocycles. The lowest BCUT2D eigenvalue weighted by atomic mass is 10.3. The van der Waals surface area contributed by atoms with Gasteiger partial charge >= 0.3 is 17.5 Å². The van der Waals surface area contributed by atoms with Crippen LogP contribution in [0.25, 0.3) is 0 Å². The van der Waals surface area contributed by atoms with Gasteiger partial charge < -0.3 is 19.6 Å². The molecule has 0 amide bonds. The van der Waals surface area contributed by atoms with E-state index in [0.717, 1.165) is 12.8 Å². The van der Waals surface area contributed by atoms with E-state index >= 15 is 0 Å². The maximum Gasteiger partial charge on any atom is 0.413 e. The monoisotopic (exact) mass is 333 g/mol. The Labute approximate surface area is 133 Å². The van der Waals surface area contributed by atoms with Crippen molar-refractivity contribution in [3.8, 4) is 11.5 Å². The molecule has 0 spiro atoms. The Morgan fingerprint density at radius 1 is 1.17 bits per heavy atom. The largest absolute Gasteiger partial charge is 0.487 e. The number of aromatic amines is 2. The highest BCUT2D eigenvalue weighted by atomic mass is 16.6. The van der Waals surface area contributed by atoms with Crippen LogP contribution >= 0.6 is 0 Å². The molecule has 2 aromatic rings. The quantitative estimate of drug-likeness (QED) is 0.355. The molecule has 1 aliphatic carbocycles. The van der Waals surface area contributed by atoms with Gasteiger partial charge in [-0.25, -0.2) is 9.59 Å². The van der Waals surface area contributed by atoms with E-state index in [2.05, 4.69) is 0 Å². The molecule has 10 nitrogen and oxygen atoms in total. The first-order valence-corrected chi connectivity index (χ1v) is 6.94. The van der Waals surface area contributed by atoms with Crippen LogP contribution in [0.5, 0.6) is 11.5 Å². The topological polar surface area (TPSA) is 144 Å². The summed E-state index contributed by atoms with van der Waals surface area (Å²) in [6.45, 7) is 0. The SMILES string of the molecule is O=C(Oc1ccccc1OC1CC1)c1c([N+](=O)[O-])[nH]c(=O)[nH]c1=O. The van der Waals surface area contributed by atoms with Crippen LogP contribution in [-0.2, 0) is 0 Å². The molecule has 0 radical (unpaired) electrons. The molecule has 124 valence electrons. The second-order valence-corrected chi connectivity index (χ2v) is 5.04. The standard InChI is InChI=1S/C14H11N3O7/c18-12-10(11(17(21)22)15-14(20)16-12)13(19)24-9-4-2-1-3-8(9)23-7-5-6-7/h1-4,7H,5-6H2,(H2,15,16,18,20). The number of carbonyl (C=O) groups excluding carboxylic acids is 1. The van der Waals surface area contributed by atoms with Gasteiger partial charge in [-0.2, -0.15) is 4.98 Å². The number of aromatic nitrogens is 2. The number of carbonyl (C=O) groups is 1. The van der Waals surface area contributed by atoms with Crippen molar-refractivity contribution < 1.29 is 19.2 Å². The van der Waals surface area contributed by atoms with Crippen molar-refractivity contribution in [3.05, 3.63) is 60.8 Å². The average molecular weight is 333 g/mol. The number of rotatable bonds is 5. The summed E-state index contributed by atoms with van der Waals surface area (Å²) in [5.74, 6) is -1.99. The summed E-state index contributed by atoms with van der Waals surface area (Å²) in [6.07, 6.45) is 1.80. The Hall–Kier alpha value is -3.43. The fourth-order valence-corrected chi connectivity index (χ4v) is 1.95. The van der Waals surface area contributed by atoms with E-state index in [1.165, 1.54) is 6.07 Å². The predicted molar refractivity (Wildman–Crippen MR) is 79.4 cm³/mol. The van der Waals surface area contributed by atoms with E-state index in [0.29, 0.717) is 0 Å². The zero-order valence-electron chi connectivity index (χ0n) is 12.1. The number of hydrogen-bond acceptors (Lipinski definition) is 7. The summed E-state index contributed by atoms with van der Waals surface area (Å²) in [6, 6.07) is 6.26. The molecule has 0 unspecified atom stereocenters. The molecule has 2 N–H and O–H groups in total. The maximum atomic E-state index is 12.2. The highest BCUT2D eigenvalue weighted by Crippen LogP contribution is 2.33. The van der Waals surface area contributed by atoms with Crippen LogP contribution < -0.4 is 20.7 Å². The minimum absolute atomic E-state index is 0.0225. The van der Waals surface area contributed by atoms with Gasteiger partial charge in [-0.3, -0.25) is 9.78 Å². The van der Waals surface area contributed by atoms with Crippen molar-refractivity contribution in [2.45, 2.75) is 18.9 Å². The lowest BCUT2D eigenvalue weighted by Gasteiger charge is -2.10. The molecule has 0 bridgehead atoms. The highest BCUT2D eigenvalue weighted by Gasteiger charge is 2.29.